The van der Waals surface area contributed by atoms with Gasteiger partial charge < -0.3 is 9.32 Å². The summed E-state index contributed by atoms with van der Waals surface area (Å²) in [5.41, 5.74) is 0.815. The number of hydrogen-bond donors (Lipinski definition) is 0. The van der Waals surface area contributed by atoms with Crippen LogP contribution in [-0.4, -0.2) is 27.5 Å². The molecule has 0 N–H and O–H groups in total. The molecule has 1 atom stereocenters. The predicted molar refractivity (Wildman–Crippen MR) is 87.9 cm³/mol. The molecule has 5 nitrogen and oxygen atoms in total. The number of benzene rings is 1. The van der Waals surface area contributed by atoms with Crippen molar-refractivity contribution in [1.82, 2.24) is 15.1 Å². The van der Waals surface area contributed by atoms with E-state index >= 15 is 0 Å². The molecule has 2 heterocycles. The molecular formula is C17H18ClN3O2. The zero-order valence-electron chi connectivity index (χ0n) is 12.7. The lowest BCUT2D eigenvalue weighted by molar-refractivity contribution is -0.132. The van der Waals surface area contributed by atoms with Gasteiger partial charge >= 0.3 is 0 Å². The van der Waals surface area contributed by atoms with Gasteiger partial charge in [-0.2, -0.15) is 0 Å². The van der Waals surface area contributed by atoms with Gasteiger partial charge in [-0.05, 0) is 43.5 Å². The van der Waals surface area contributed by atoms with Crippen molar-refractivity contribution in [3.05, 3.63) is 47.8 Å². The van der Waals surface area contributed by atoms with Gasteiger partial charge in [0.25, 0.3) is 0 Å². The Balaban J connectivity index is 1.77. The first-order valence-corrected chi connectivity index (χ1v) is 8.06. The van der Waals surface area contributed by atoms with Gasteiger partial charge in [0.05, 0.1) is 0 Å². The molecule has 120 valence electrons. The number of hydrogen-bond acceptors (Lipinski definition) is 4. The molecule has 1 aliphatic heterocycles. The number of nitrogens with zero attached hydrogens (tertiary/aromatic N) is 3. The summed E-state index contributed by atoms with van der Waals surface area (Å²) in [5, 5.41) is 8.90. The Kier molecular flexibility index (Phi) is 4.76. The van der Waals surface area contributed by atoms with E-state index in [1.807, 2.05) is 17.0 Å². The van der Waals surface area contributed by atoms with Crippen LogP contribution < -0.4 is 0 Å². The van der Waals surface area contributed by atoms with Gasteiger partial charge in [-0.3, -0.25) is 4.79 Å². The zero-order chi connectivity index (χ0) is 16.2. The van der Waals surface area contributed by atoms with Crippen molar-refractivity contribution in [1.29, 1.82) is 0 Å². The van der Waals surface area contributed by atoms with E-state index in [1.54, 1.807) is 18.2 Å². The molecule has 2 aromatic rings. The molecule has 0 bridgehead atoms. The largest absolute Gasteiger partial charge is 0.418 e. The van der Waals surface area contributed by atoms with Gasteiger partial charge in [-0.25, -0.2) is 0 Å². The van der Waals surface area contributed by atoms with Crippen molar-refractivity contribution in [3.8, 4) is 11.5 Å². The van der Waals surface area contributed by atoms with Crippen LogP contribution in [0, 0.1) is 0 Å². The first kappa shape index (κ1) is 15.7. The average Bonchev–Trinajstić information content (AvgIpc) is 3.21. The Labute approximate surface area is 140 Å². The van der Waals surface area contributed by atoms with E-state index in [1.165, 1.54) is 0 Å². The quantitative estimate of drug-likeness (QED) is 0.776. The number of aromatic nitrogens is 2. The van der Waals surface area contributed by atoms with Crippen LogP contribution in [0.2, 0.25) is 5.02 Å². The highest BCUT2D eigenvalue weighted by Crippen LogP contribution is 2.33. The Morgan fingerprint density at radius 1 is 1.39 bits per heavy atom. The third-order valence-corrected chi connectivity index (χ3v) is 4.20. The van der Waals surface area contributed by atoms with Gasteiger partial charge in [-0.1, -0.05) is 17.7 Å². The van der Waals surface area contributed by atoms with Crippen LogP contribution in [0.5, 0.6) is 0 Å². The minimum Gasteiger partial charge on any atom is -0.418 e. The Bertz CT molecular complexity index is 696. The van der Waals surface area contributed by atoms with E-state index in [9.17, 15) is 4.79 Å². The van der Waals surface area contributed by atoms with E-state index < -0.39 is 0 Å². The molecule has 1 amide bonds. The number of carbonyl (C=O) groups excluding carboxylic acids is 1. The van der Waals surface area contributed by atoms with Crippen LogP contribution >= 0.6 is 11.6 Å². The maximum atomic E-state index is 12.3. The van der Waals surface area contributed by atoms with Crippen LogP contribution in [-0.2, 0) is 4.79 Å². The SMILES string of the molecule is C=CCCC(=O)N1CCCC1c1nnc(-c2ccc(Cl)cc2)o1. The highest BCUT2D eigenvalue weighted by Gasteiger charge is 2.33. The number of amides is 1. The van der Waals surface area contributed by atoms with Gasteiger partial charge in [0.15, 0.2) is 0 Å². The second kappa shape index (κ2) is 6.96. The normalized spacial score (nSPS) is 17.4. The summed E-state index contributed by atoms with van der Waals surface area (Å²) in [4.78, 5) is 14.1. The molecule has 1 saturated heterocycles. The van der Waals surface area contributed by atoms with E-state index in [4.69, 9.17) is 16.0 Å². The molecule has 23 heavy (non-hydrogen) atoms. The molecular weight excluding hydrogens is 314 g/mol. The highest BCUT2D eigenvalue weighted by atomic mass is 35.5. The molecule has 1 aromatic carbocycles. The van der Waals surface area contributed by atoms with Crippen molar-refractivity contribution >= 4 is 17.5 Å². The topological polar surface area (TPSA) is 59.2 Å². The van der Waals surface area contributed by atoms with Gasteiger partial charge in [-0.15, -0.1) is 16.8 Å². The Hall–Kier alpha value is -2.14. The fourth-order valence-corrected chi connectivity index (χ4v) is 2.90. The second-order valence-corrected chi connectivity index (χ2v) is 5.96. The van der Waals surface area contributed by atoms with Crippen LogP contribution in [0.15, 0.2) is 41.3 Å². The third kappa shape index (κ3) is 3.45. The van der Waals surface area contributed by atoms with Gasteiger partial charge in [0, 0.05) is 23.6 Å². The van der Waals surface area contributed by atoms with Crippen molar-refractivity contribution in [2.45, 2.75) is 31.7 Å². The monoisotopic (exact) mass is 331 g/mol. The van der Waals surface area contributed by atoms with Crippen LogP contribution in [0.25, 0.3) is 11.5 Å². The minimum atomic E-state index is -0.124. The fourth-order valence-electron chi connectivity index (χ4n) is 2.77. The van der Waals surface area contributed by atoms with Gasteiger partial charge in [0.2, 0.25) is 17.7 Å². The second-order valence-electron chi connectivity index (χ2n) is 5.52. The summed E-state index contributed by atoms with van der Waals surface area (Å²) >= 11 is 5.89. The lowest BCUT2D eigenvalue weighted by Gasteiger charge is -2.21. The summed E-state index contributed by atoms with van der Waals surface area (Å²) < 4.78 is 5.80. The molecule has 6 heteroatoms. The molecule has 0 saturated carbocycles. The Morgan fingerprint density at radius 3 is 2.91 bits per heavy atom. The maximum Gasteiger partial charge on any atom is 0.247 e. The van der Waals surface area contributed by atoms with E-state index in [2.05, 4.69) is 16.8 Å². The number of carbonyl (C=O) groups is 1. The van der Waals surface area contributed by atoms with Crippen molar-refractivity contribution in [2.24, 2.45) is 0 Å². The molecule has 1 fully saturated rings. The first-order chi connectivity index (χ1) is 11.2. The van der Waals surface area contributed by atoms with Crippen molar-refractivity contribution in [3.63, 3.8) is 0 Å². The van der Waals surface area contributed by atoms with E-state index in [0.29, 0.717) is 29.6 Å². The van der Waals surface area contributed by atoms with Crippen LogP contribution in [0.4, 0.5) is 0 Å². The fraction of sp³-hybridized carbons (Fsp3) is 0.353. The lowest BCUT2D eigenvalue weighted by atomic mass is 10.2. The average molecular weight is 332 g/mol. The highest BCUT2D eigenvalue weighted by molar-refractivity contribution is 6.30. The van der Waals surface area contributed by atoms with Gasteiger partial charge in [0.1, 0.15) is 6.04 Å². The lowest BCUT2D eigenvalue weighted by Crippen LogP contribution is -2.30. The number of halogens is 1. The number of rotatable bonds is 5. The van der Waals surface area contributed by atoms with Crippen LogP contribution in [0.3, 0.4) is 0 Å². The van der Waals surface area contributed by atoms with E-state index in [-0.39, 0.29) is 11.9 Å². The summed E-state index contributed by atoms with van der Waals surface area (Å²) in [6, 6.07) is 7.10. The first-order valence-electron chi connectivity index (χ1n) is 7.68. The number of allylic oxidation sites excluding steroid dienone is 1. The molecule has 1 unspecified atom stereocenters. The molecule has 1 aliphatic rings. The Morgan fingerprint density at radius 2 is 2.17 bits per heavy atom. The van der Waals surface area contributed by atoms with Crippen molar-refractivity contribution in [2.75, 3.05) is 6.54 Å². The predicted octanol–water partition coefficient (Wildman–Crippen LogP) is 4.02. The standard InChI is InChI=1S/C17H18ClN3O2/c1-2-3-6-15(22)21-11-4-5-14(21)17-20-19-16(23-17)12-7-9-13(18)10-8-12/h2,7-10,14H,1,3-6,11H2. The van der Waals surface area contributed by atoms with Crippen molar-refractivity contribution < 1.29 is 9.21 Å². The minimum absolute atomic E-state index is 0.110. The van der Waals surface area contributed by atoms with Crippen LogP contribution in [0.1, 0.15) is 37.6 Å². The molecule has 3 rings (SSSR count). The van der Waals surface area contributed by atoms with E-state index in [0.717, 1.165) is 24.9 Å². The summed E-state index contributed by atoms with van der Waals surface area (Å²) in [6.45, 7) is 4.39. The molecule has 0 aliphatic carbocycles. The zero-order valence-corrected chi connectivity index (χ0v) is 13.5. The maximum absolute atomic E-state index is 12.3. The molecule has 1 aromatic heterocycles. The smallest absolute Gasteiger partial charge is 0.247 e. The molecule has 0 radical (unpaired) electrons. The summed E-state index contributed by atoms with van der Waals surface area (Å²) in [6.07, 6.45) is 4.71. The number of likely N-dealkylation sites (tertiary alicyclic amines) is 1. The summed E-state index contributed by atoms with van der Waals surface area (Å²) in [5.74, 6) is 1.06. The summed E-state index contributed by atoms with van der Waals surface area (Å²) in [7, 11) is 0. The molecule has 0 spiro atoms. The third-order valence-electron chi connectivity index (χ3n) is 3.95.